The standard InChI is InChI=1S/C17H14N4O2/c1-21-15-9-13(10-18)7-8-14(15)19-16(21)20-17(22)23-11-12-5-3-2-4-6-12/h2-9H,11H2,1H3,(H,19,20,22). The molecule has 1 amide bonds. The van der Waals surface area contributed by atoms with Crippen molar-refractivity contribution in [2.24, 2.45) is 7.05 Å². The van der Waals surface area contributed by atoms with Crippen LogP contribution in [0.4, 0.5) is 10.7 Å². The quantitative estimate of drug-likeness (QED) is 0.806. The highest BCUT2D eigenvalue weighted by atomic mass is 16.5. The average Bonchev–Trinajstić information content (AvgIpc) is 2.89. The fourth-order valence-corrected chi connectivity index (χ4v) is 2.22. The number of hydrogen-bond donors (Lipinski definition) is 1. The van der Waals surface area contributed by atoms with Crippen LogP contribution in [0.25, 0.3) is 11.0 Å². The minimum Gasteiger partial charge on any atom is -0.444 e. The molecule has 6 heteroatoms. The molecular formula is C17H14N4O2. The number of nitrogens with one attached hydrogen (secondary N) is 1. The summed E-state index contributed by atoms with van der Waals surface area (Å²) in [5, 5.41) is 11.6. The second-order valence-corrected chi connectivity index (χ2v) is 5.00. The van der Waals surface area contributed by atoms with Crippen molar-refractivity contribution in [2.45, 2.75) is 6.61 Å². The van der Waals surface area contributed by atoms with Gasteiger partial charge in [-0.1, -0.05) is 30.3 Å². The third kappa shape index (κ3) is 3.14. The van der Waals surface area contributed by atoms with E-state index in [-0.39, 0.29) is 6.61 Å². The number of aromatic nitrogens is 2. The Morgan fingerprint density at radius 3 is 2.83 bits per heavy atom. The molecule has 0 aliphatic heterocycles. The predicted molar refractivity (Wildman–Crippen MR) is 85.7 cm³/mol. The Morgan fingerprint density at radius 2 is 2.09 bits per heavy atom. The highest BCUT2D eigenvalue weighted by Crippen LogP contribution is 2.19. The molecule has 1 N–H and O–H groups in total. The van der Waals surface area contributed by atoms with Gasteiger partial charge in [0.1, 0.15) is 6.61 Å². The van der Waals surface area contributed by atoms with E-state index in [0.29, 0.717) is 17.0 Å². The highest BCUT2D eigenvalue weighted by Gasteiger charge is 2.12. The molecule has 0 bridgehead atoms. The Morgan fingerprint density at radius 1 is 1.30 bits per heavy atom. The molecule has 6 nitrogen and oxygen atoms in total. The molecule has 0 radical (unpaired) electrons. The molecule has 1 heterocycles. The predicted octanol–water partition coefficient (Wildman–Crippen LogP) is 3.19. The van der Waals surface area contributed by atoms with E-state index in [4.69, 9.17) is 10.00 Å². The molecule has 0 aliphatic rings. The molecule has 114 valence electrons. The second-order valence-electron chi connectivity index (χ2n) is 5.00. The first-order valence-corrected chi connectivity index (χ1v) is 7.01. The summed E-state index contributed by atoms with van der Waals surface area (Å²) in [5.74, 6) is 0.369. The van der Waals surface area contributed by atoms with Crippen molar-refractivity contribution in [1.29, 1.82) is 5.26 Å². The summed E-state index contributed by atoms with van der Waals surface area (Å²) >= 11 is 0. The number of benzene rings is 2. The zero-order valence-corrected chi connectivity index (χ0v) is 12.5. The molecule has 3 rings (SSSR count). The van der Waals surface area contributed by atoms with Crippen LogP contribution in [0, 0.1) is 11.3 Å². The topological polar surface area (TPSA) is 79.9 Å². The van der Waals surface area contributed by atoms with Gasteiger partial charge in [0.15, 0.2) is 0 Å². The smallest absolute Gasteiger partial charge is 0.414 e. The Balaban J connectivity index is 1.72. The Kier molecular flexibility index (Phi) is 3.93. The summed E-state index contributed by atoms with van der Waals surface area (Å²) in [5.41, 5.74) is 2.91. The molecule has 0 saturated carbocycles. The summed E-state index contributed by atoms with van der Waals surface area (Å²) in [6, 6.07) is 16.7. The summed E-state index contributed by atoms with van der Waals surface area (Å²) < 4.78 is 6.88. The zero-order chi connectivity index (χ0) is 16.2. The normalized spacial score (nSPS) is 10.3. The van der Waals surface area contributed by atoms with Crippen molar-refractivity contribution in [2.75, 3.05) is 5.32 Å². The van der Waals surface area contributed by atoms with Crippen LogP contribution < -0.4 is 5.32 Å². The first kappa shape index (κ1) is 14.6. The number of carbonyl (C=O) groups excluding carboxylic acids is 1. The maximum Gasteiger partial charge on any atom is 0.414 e. The summed E-state index contributed by atoms with van der Waals surface area (Å²) in [6.07, 6.45) is -0.576. The van der Waals surface area contributed by atoms with Gasteiger partial charge in [0.05, 0.1) is 22.7 Å². The highest BCUT2D eigenvalue weighted by molar-refractivity contribution is 5.87. The monoisotopic (exact) mass is 306 g/mol. The lowest BCUT2D eigenvalue weighted by Crippen LogP contribution is -2.16. The fraction of sp³-hybridized carbons (Fsp3) is 0.118. The maximum atomic E-state index is 11.9. The summed E-state index contributed by atoms with van der Waals surface area (Å²) in [4.78, 5) is 16.2. The van der Waals surface area contributed by atoms with Crippen LogP contribution in [0.5, 0.6) is 0 Å². The maximum absolute atomic E-state index is 11.9. The molecule has 0 unspecified atom stereocenters. The lowest BCUT2D eigenvalue weighted by molar-refractivity contribution is 0.155. The van der Waals surface area contributed by atoms with Gasteiger partial charge in [0.2, 0.25) is 5.95 Å². The van der Waals surface area contributed by atoms with Gasteiger partial charge in [-0.15, -0.1) is 0 Å². The molecule has 2 aromatic carbocycles. The van der Waals surface area contributed by atoms with Crippen molar-refractivity contribution in [3.05, 3.63) is 59.7 Å². The van der Waals surface area contributed by atoms with Gasteiger partial charge in [0, 0.05) is 7.05 Å². The number of ether oxygens (including phenoxy) is 1. The molecule has 0 spiro atoms. The lowest BCUT2D eigenvalue weighted by atomic mass is 10.2. The molecule has 1 aromatic heterocycles. The van der Waals surface area contributed by atoms with Gasteiger partial charge in [-0.3, -0.25) is 5.32 Å². The van der Waals surface area contributed by atoms with Crippen LogP contribution in [-0.4, -0.2) is 15.6 Å². The van der Waals surface area contributed by atoms with Crippen LogP contribution in [0.2, 0.25) is 0 Å². The second kappa shape index (κ2) is 6.20. The Labute approximate surface area is 132 Å². The van der Waals surface area contributed by atoms with E-state index >= 15 is 0 Å². The molecule has 23 heavy (non-hydrogen) atoms. The number of carbonyl (C=O) groups is 1. The lowest BCUT2D eigenvalue weighted by Gasteiger charge is -2.06. The summed E-state index contributed by atoms with van der Waals surface area (Å²) in [6.45, 7) is 0.190. The fourth-order valence-electron chi connectivity index (χ4n) is 2.22. The number of rotatable bonds is 3. The Bertz CT molecular complexity index is 894. The van der Waals surface area contributed by atoms with Gasteiger partial charge in [-0.2, -0.15) is 5.26 Å². The Hall–Kier alpha value is -3.33. The molecule has 3 aromatic rings. The van der Waals surface area contributed by atoms with E-state index in [0.717, 1.165) is 11.1 Å². The minimum absolute atomic E-state index is 0.190. The number of aryl methyl sites for hydroxylation is 1. The molecule has 0 aliphatic carbocycles. The number of hydrogen-bond acceptors (Lipinski definition) is 4. The molecular weight excluding hydrogens is 292 g/mol. The van der Waals surface area contributed by atoms with Gasteiger partial charge in [0.25, 0.3) is 0 Å². The van der Waals surface area contributed by atoms with Crippen LogP contribution in [0.3, 0.4) is 0 Å². The van der Waals surface area contributed by atoms with Gasteiger partial charge in [-0.25, -0.2) is 9.78 Å². The average molecular weight is 306 g/mol. The van der Waals surface area contributed by atoms with Crippen molar-refractivity contribution < 1.29 is 9.53 Å². The van der Waals surface area contributed by atoms with E-state index in [1.165, 1.54) is 0 Å². The number of imidazole rings is 1. The first-order valence-electron chi connectivity index (χ1n) is 7.01. The number of nitriles is 1. The van der Waals surface area contributed by atoms with Crippen LogP contribution in [0.15, 0.2) is 48.5 Å². The van der Waals surface area contributed by atoms with Crippen LogP contribution in [-0.2, 0) is 18.4 Å². The zero-order valence-electron chi connectivity index (χ0n) is 12.5. The van der Waals surface area contributed by atoms with Gasteiger partial charge in [-0.05, 0) is 23.8 Å². The van der Waals surface area contributed by atoms with Crippen molar-refractivity contribution in [3.63, 3.8) is 0 Å². The van der Waals surface area contributed by atoms with Crippen molar-refractivity contribution in [3.8, 4) is 6.07 Å². The number of anilines is 1. The minimum atomic E-state index is -0.576. The molecule has 0 saturated heterocycles. The SMILES string of the molecule is Cn1c(NC(=O)OCc2ccccc2)nc2ccc(C#N)cc21. The molecule has 0 fully saturated rings. The van der Waals surface area contributed by atoms with E-state index < -0.39 is 6.09 Å². The first-order chi connectivity index (χ1) is 11.2. The van der Waals surface area contributed by atoms with Crippen molar-refractivity contribution >= 4 is 23.1 Å². The van der Waals surface area contributed by atoms with Gasteiger partial charge >= 0.3 is 6.09 Å². The third-order valence-corrected chi connectivity index (χ3v) is 3.44. The number of fused-ring (bicyclic) bond motifs is 1. The third-order valence-electron chi connectivity index (χ3n) is 3.44. The van der Waals surface area contributed by atoms with Gasteiger partial charge < -0.3 is 9.30 Å². The van der Waals surface area contributed by atoms with Crippen molar-refractivity contribution in [1.82, 2.24) is 9.55 Å². The largest absolute Gasteiger partial charge is 0.444 e. The molecule has 0 atom stereocenters. The number of nitrogens with zero attached hydrogens (tertiary/aromatic N) is 3. The number of amides is 1. The van der Waals surface area contributed by atoms with Crippen LogP contribution in [0.1, 0.15) is 11.1 Å². The van der Waals surface area contributed by atoms with E-state index in [1.807, 2.05) is 30.3 Å². The summed E-state index contributed by atoms with van der Waals surface area (Å²) in [7, 11) is 1.77. The van der Waals surface area contributed by atoms with E-state index in [9.17, 15) is 4.79 Å². The van der Waals surface area contributed by atoms with E-state index in [2.05, 4.69) is 16.4 Å². The van der Waals surface area contributed by atoms with Crippen LogP contribution >= 0.6 is 0 Å². The van der Waals surface area contributed by atoms with E-state index in [1.54, 1.807) is 29.8 Å².